The molecule has 1 fully saturated rings. The fourth-order valence-corrected chi connectivity index (χ4v) is 2.06. The van der Waals surface area contributed by atoms with Crippen LogP contribution >= 0.6 is 0 Å². The normalized spacial score (nSPS) is 16.2. The molecule has 0 aromatic heterocycles. The predicted molar refractivity (Wildman–Crippen MR) is 63.9 cm³/mol. The summed E-state index contributed by atoms with van der Waals surface area (Å²) in [5, 5.41) is 3.22. The average molecular weight is 240 g/mol. The predicted octanol–water partition coefficient (Wildman–Crippen LogP) is 1.66. The maximum absolute atomic E-state index is 13.4. The second kappa shape index (κ2) is 5.56. The topological polar surface area (TPSA) is 15.3 Å². The van der Waals surface area contributed by atoms with Gasteiger partial charge in [-0.05, 0) is 43.1 Å². The number of halogens is 2. The monoisotopic (exact) mass is 240 g/mol. The highest BCUT2D eigenvalue weighted by Crippen LogP contribution is 2.11. The summed E-state index contributed by atoms with van der Waals surface area (Å²) >= 11 is 0. The lowest BCUT2D eigenvalue weighted by molar-refractivity contribution is 0.225. The Morgan fingerprint density at radius 3 is 2.76 bits per heavy atom. The number of nitrogens with zero attached hydrogens (tertiary/aromatic N) is 1. The Hall–Kier alpha value is -1.00. The quantitative estimate of drug-likeness (QED) is 0.842. The third-order valence-corrected chi connectivity index (χ3v) is 3.21. The van der Waals surface area contributed by atoms with Crippen molar-refractivity contribution in [3.63, 3.8) is 0 Å². The Morgan fingerprint density at radius 2 is 2.12 bits per heavy atom. The van der Waals surface area contributed by atoms with Crippen molar-refractivity contribution >= 4 is 0 Å². The van der Waals surface area contributed by atoms with Gasteiger partial charge in [0.25, 0.3) is 0 Å². The average Bonchev–Trinajstić information content (AvgIpc) is 2.25. The van der Waals surface area contributed by atoms with Crippen molar-refractivity contribution in [1.82, 2.24) is 10.2 Å². The molecule has 1 aliphatic heterocycles. The van der Waals surface area contributed by atoms with Gasteiger partial charge in [-0.2, -0.15) is 0 Å². The van der Waals surface area contributed by atoms with E-state index in [2.05, 4.69) is 10.2 Å². The van der Waals surface area contributed by atoms with E-state index in [1.807, 2.05) is 7.05 Å². The fourth-order valence-electron chi connectivity index (χ4n) is 2.06. The number of hydrogen-bond donors (Lipinski definition) is 1. The molecule has 2 nitrogen and oxygen atoms in total. The van der Waals surface area contributed by atoms with E-state index >= 15 is 0 Å². The van der Waals surface area contributed by atoms with Crippen LogP contribution in [0.1, 0.15) is 5.56 Å². The van der Waals surface area contributed by atoms with Crippen LogP contribution in [0, 0.1) is 17.6 Å². The molecule has 0 amide bonds. The Morgan fingerprint density at radius 1 is 1.35 bits per heavy atom. The van der Waals surface area contributed by atoms with E-state index < -0.39 is 0 Å². The second-order valence-corrected chi connectivity index (χ2v) is 4.77. The summed E-state index contributed by atoms with van der Waals surface area (Å²) in [5.41, 5.74) is 0.462. The molecule has 0 unspecified atom stereocenters. The van der Waals surface area contributed by atoms with Crippen LogP contribution in [0.15, 0.2) is 18.2 Å². The van der Waals surface area contributed by atoms with Gasteiger partial charge in [-0.15, -0.1) is 0 Å². The lowest BCUT2D eigenvalue weighted by Gasteiger charge is -2.31. The van der Waals surface area contributed by atoms with Gasteiger partial charge in [0.2, 0.25) is 0 Å². The Kier molecular flexibility index (Phi) is 4.07. The van der Waals surface area contributed by atoms with Crippen LogP contribution in [0.5, 0.6) is 0 Å². The molecule has 1 heterocycles. The van der Waals surface area contributed by atoms with E-state index in [0.29, 0.717) is 17.9 Å². The van der Waals surface area contributed by atoms with Crippen LogP contribution in [-0.4, -0.2) is 38.1 Å². The van der Waals surface area contributed by atoms with Crippen molar-refractivity contribution in [2.75, 3.05) is 33.2 Å². The van der Waals surface area contributed by atoms with Gasteiger partial charge in [0.15, 0.2) is 0 Å². The van der Waals surface area contributed by atoms with Crippen LogP contribution in [-0.2, 0) is 6.42 Å². The van der Waals surface area contributed by atoms with Gasteiger partial charge in [-0.1, -0.05) is 0 Å². The van der Waals surface area contributed by atoms with Crippen molar-refractivity contribution < 1.29 is 8.78 Å². The summed E-state index contributed by atoms with van der Waals surface area (Å²) in [6, 6.07) is 3.64. The second-order valence-electron chi connectivity index (χ2n) is 4.77. The van der Waals surface area contributed by atoms with Crippen molar-refractivity contribution in [2.45, 2.75) is 6.42 Å². The molecule has 0 saturated carbocycles. The highest BCUT2D eigenvalue weighted by molar-refractivity contribution is 5.18. The molecule has 0 bridgehead atoms. The zero-order chi connectivity index (χ0) is 12.3. The van der Waals surface area contributed by atoms with E-state index in [1.165, 1.54) is 12.1 Å². The van der Waals surface area contributed by atoms with E-state index in [0.717, 1.165) is 32.2 Å². The summed E-state index contributed by atoms with van der Waals surface area (Å²) in [6.45, 7) is 3.91. The number of nitrogens with one attached hydrogen (secondary N) is 1. The number of benzene rings is 1. The van der Waals surface area contributed by atoms with Gasteiger partial charge in [-0.3, -0.25) is 0 Å². The Balaban J connectivity index is 1.81. The van der Waals surface area contributed by atoms with E-state index in [9.17, 15) is 8.78 Å². The van der Waals surface area contributed by atoms with Gasteiger partial charge in [0.05, 0.1) is 0 Å². The van der Waals surface area contributed by atoms with Crippen molar-refractivity contribution in [3.8, 4) is 0 Å². The van der Waals surface area contributed by atoms with Gasteiger partial charge in [0.1, 0.15) is 11.6 Å². The van der Waals surface area contributed by atoms with Gasteiger partial charge >= 0.3 is 0 Å². The molecule has 2 rings (SSSR count). The molecule has 1 aromatic carbocycles. The smallest absolute Gasteiger partial charge is 0.126 e. The first-order chi connectivity index (χ1) is 8.15. The SMILES string of the molecule is CN(CCc1cc(F)ccc1F)CC1CNC1. The van der Waals surface area contributed by atoms with Crippen LogP contribution in [0.3, 0.4) is 0 Å². The minimum atomic E-state index is -0.368. The van der Waals surface area contributed by atoms with Crippen molar-refractivity contribution in [3.05, 3.63) is 35.4 Å². The molecule has 17 heavy (non-hydrogen) atoms. The molecule has 1 aliphatic rings. The van der Waals surface area contributed by atoms with Gasteiger partial charge < -0.3 is 10.2 Å². The molecule has 94 valence electrons. The minimum Gasteiger partial charge on any atom is -0.316 e. The van der Waals surface area contributed by atoms with Crippen LogP contribution in [0.25, 0.3) is 0 Å². The van der Waals surface area contributed by atoms with Gasteiger partial charge in [-0.25, -0.2) is 8.78 Å². The molecule has 1 aromatic rings. The zero-order valence-corrected chi connectivity index (χ0v) is 10.0. The summed E-state index contributed by atoms with van der Waals surface area (Å²) < 4.78 is 26.3. The summed E-state index contributed by atoms with van der Waals surface area (Å²) in [6.07, 6.45) is 0.556. The first-order valence-electron chi connectivity index (χ1n) is 5.98. The summed E-state index contributed by atoms with van der Waals surface area (Å²) in [4.78, 5) is 2.18. The van der Waals surface area contributed by atoms with Crippen molar-refractivity contribution in [1.29, 1.82) is 0 Å². The zero-order valence-electron chi connectivity index (χ0n) is 10.0. The lowest BCUT2D eigenvalue weighted by atomic mass is 10.0. The minimum absolute atomic E-state index is 0.315. The third kappa shape index (κ3) is 3.48. The van der Waals surface area contributed by atoms with Crippen LogP contribution < -0.4 is 5.32 Å². The molecule has 0 aliphatic carbocycles. The lowest BCUT2D eigenvalue weighted by Crippen LogP contribution is -2.47. The number of likely N-dealkylation sites (N-methyl/N-ethyl adjacent to an activating group) is 1. The first kappa shape index (κ1) is 12.5. The molecule has 0 spiro atoms. The molecule has 0 atom stereocenters. The van der Waals surface area contributed by atoms with E-state index in [-0.39, 0.29) is 11.6 Å². The Bertz CT molecular complexity index is 378. The van der Waals surface area contributed by atoms with Gasteiger partial charge in [0, 0.05) is 26.2 Å². The first-order valence-corrected chi connectivity index (χ1v) is 5.98. The molecule has 1 saturated heterocycles. The molecule has 1 N–H and O–H groups in total. The highest BCUT2D eigenvalue weighted by atomic mass is 19.1. The molecular weight excluding hydrogens is 222 g/mol. The standard InChI is InChI=1S/C13H18F2N2/c1-17(9-10-7-16-8-10)5-4-11-6-12(14)2-3-13(11)15/h2-3,6,10,16H,4-5,7-9H2,1H3. The summed E-state index contributed by atoms with van der Waals surface area (Å²) in [7, 11) is 2.02. The Labute approximate surface area is 101 Å². The molecule has 4 heteroatoms. The van der Waals surface area contributed by atoms with Crippen LogP contribution in [0.4, 0.5) is 8.78 Å². The number of hydrogen-bond acceptors (Lipinski definition) is 2. The maximum Gasteiger partial charge on any atom is 0.126 e. The van der Waals surface area contributed by atoms with E-state index in [4.69, 9.17) is 0 Å². The van der Waals surface area contributed by atoms with Crippen molar-refractivity contribution in [2.24, 2.45) is 5.92 Å². The van der Waals surface area contributed by atoms with E-state index in [1.54, 1.807) is 0 Å². The molecular formula is C13H18F2N2. The summed E-state index contributed by atoms with van der Waals surface area (Å²) in [5.74, 6) is 0.0229. The molecule has 0 radical (unpaired) electrons. The van der Waals surface area contributed by atoms with Crippen LogP contribution in [0.2, 0.25) is 0 Å². The largest absolute Gasteiger partial charge is 0.316 e. The number of rotatable bonds is 5. The maximum atomic E-state index is 13.4. The highest BCUT2D eigenvalue weighted by Gasteiger charge is 2.18. The third-order valence-electron chi connectivity index (χ3n) is 3.21. The fraction of sp³-hybridized carbons (Fsp3) is 0.538.